The molecule has 5 heteroatoms. The molecule has 2 aromatic carbocycles. The Labute approximate surface area is 122 Å². The molecular weight excluding hydrogens is 269 g/mol. The molecule has 2 rings (SSSR count). The molecule has 0 saturated carbocycles. The van der Waals surface area contributed by atoms with Gasteiger partial charge in [-0.05, 0) is 11.1 Å². The fourth-order valence-corrected chi connectivity index (χ4v) is 2.11. The van der Waals surface area contributed by atoms with Gasteiger partial charge in [0.2, 0.25) is 5.67 Å². The van der Waals surface area contributed by atoms with Crippen molar-refractivity contribution in [3.8, 4) is 0 Å². The number of rotatable bonds is 4. The van der Waals surface area contributed by atoms with Crippen LogP contribution in [-0.2, 0) is 16.9 Å². The number of nitrogens with two attached hydrogens (primary N) is 1. The number of guanidine groups is 1. The molecular formula is C16H16FN3O. The van der Waals surface area contributed by atoms with Gasteiger partial charge in [-0.3, -0.25) is 15.5 Å². The fourth-order valence-electron chi connectivity index (χ4n) is 2.11. The Kier molecular flexibility index (Phi) is 4.33. The van der Waals surface area contributed by atoms with E-state index in [1.807, 2.05) is 11.4 Å². The summed E-state index contributed by atoms with van der Waals surface area (Å²) in [6.45, 7) is 0. The zero-order valence-electron chi connectivity index (χ0n) is 11.3. The second-order valence-electron chi connectivity index (χ2n) is 4.70. The first-order chi connectivity index (χ1) is 10.0. The van der Waals surface area contributed by atoms with Crippen LogP contribution < -0.4 is 11.1 Å². The number of hydrogen-bond acceptors (Lipinski definition) is 2. The van der Waals surface area contributed by atoms with Crippen molar-refractivity contribution in [1.29, 1.82) is 5.41 Å². The zero-order chi connectivity index (χ0) is 15.3. The van der Waals surface area contributed by atoms with Crippen LogP contribution in [-0.4, -0.2) is 11.9 Å². The number of carbonyl (C=O) groups excluding carboxylic acids is 1. The third-order valence-corrected chi connectivity index (χ3v) is 3.13. The first-order valence-electron chi connectivity index (χ1n) is 6.46. The maximum absolute atomic E-state index is 15.4. The largest absolute Gasteiger partial charge is 0.370 e. The second kappa shape index (κ2) is 6.17. The molecule has 4 N–H and O–H groups in total. The second-order valence-corrected chi connectivity index (χ2v) is 4.70. The maximum atomic E-state index is 15.4. The molecule has 0 fully saturated rings. The molecule has 1 atom stereocenters. The smallest absolute Gasteiger partial charge is 0.269 e. The van der Waals surface area contributed by atoms with Crippen molar-refractivity contribution in [2.45, 2.75) is 12.1 Å². The molecule has 0 aliphatic heterocycles. The average Bonchev–Trinajstić information content (AvgIpc) is 2.48. The lowest BCUT2D eigenvalue weighted by molar-refractivity contribution is -0.132. The van der Waals surface area contributed by atoms with Crippen LogP contribution in [0.25, 0.3) is 0 Å². The fraction of sp³-hybridized carbons (Fsp3) is 0.125. The third-order valence-electron chi connectivity index (χ3n) is 3.13. The molecule has 0 heterocycles. The van der Waals surface area contributed by atoms with Gasteiger partial charge in [-0.2, -0.15) is 0 Å². The van der Waals surface area contributed by atoms with Crippen molar-refractivity contribution in [2.75, 3.05) is 0 Å². The van der Waals surface area contributed by atoms with Crippen LogP contribution >= 0.6 is 0 Å². The van der Waals surface area contributed by atoms with E-state index in [9.17, 15) is 4.79 Å². The summed E-state index contributed by atoms with van der Waals surface area (Å²) in [7, 11) is 0. The number of alkyl halides is 1. The van der Waals surface area contributed by atoms with Crippen molar-refractivity contribution in [3.05, 3.63) is 71.8 Å². The Morgan fingerprint density at radius 1 is 1.10 bits per heavy atom. The lowest BCUT2D eigenvalue weighted by atomic mass is 9.88. The predicted octanol–water partition coefficient (Wildman–Crippen LogP) is 2.10. The third kappa shape index (κ3) is 3.45. The lowest BCUT2D eigenvalue weighted by Crippen LogP contribution is -2.47. The molecule has 0 aromatic heterocycles. The van der Waals surface area contributed by atoms with Crippen molar-refractivity contribution in [2.24, 2.45) is 5.73 Å². The molecule has 1 unspecified atom stereocenters. The first kappa shape index (κ1) is 14.7. The summed E-state index contributed by atoms with van der Waals surface area (Å²) in [5, 5.41) is 9.18. The van der Waals surface area contributed by atoms with Crippen LogP contribution in [0.4, 0.5) is 4.39 Å². The number of nitrogens with one attached hydrogen (secondary N) is 2. The van der Waals surface area contributed by atoms with Crippen LogP contribution in [0.1, 0.15) is 11.1 Å². The van der Waals surface area contributed by atoms with Gasteiger partial charge >= 0.3 is 0 Å². The number of carbonyl (C=O) groups is 1. The number of amides is 1. The van der Waals surface area contributed by atoms with E-state index in [4.69, 9.17) is 11.1 Å². The van der Waals surface area contributed by atoms with Gasteiger partial charge in [0.05, 0.1) is 0 Å². The highest BCUT2D eigenvalue weighted by Crippen LogP contribution is 2.30. The summed E-state index contributed by atoms with van der Waals surface area (Å²) in [4.78, 5) is 12.2. The summed E-state index contributed by atoms with van der Waals surface area (Å²) in [6, 6.07) is 17.0. The van der Waals surface area contributed by atoms with E-state index in [2.05, 4.69) is 0 Å². The van der Waals surface area contributed by atoms with Gasteiger partial charge in [0.15, 0.2) is 5.96 Å². The van der Waals surface area contributed by atoms with Gasteiger partial charge in [0.1, 0.15) is 0 Å². The molecule has 0 saturated heterocycles. The van der Waals surface area contributed by atoms with E-state index in [-0.39, 0.29) is 12.0 Å². The Bertz CT molecular complexity index is 630. The molecule has 21 heavy (non-hydrogen) atoms. The zero-order valence-corrected chi connectivity index (χ0v) is 11.3. The topological polar surface area (TPSA) is 79.0 Å². The normalized spacial score (nSPS) is 13.2. The van der Waals surface area contributed by atoms with Gasteiger partial charge in [0, 0.05) is 6.42 Å². The van der Waals surface area contributed by atoms with E-state index in [1.165, 1.54) is 0 Å². The Morgan fingerprint density at radius 2 is 1.62 bits per heavy atom. The molecule has 0 bridgehead atoms. The van der Waals surface area contributed by atoms with Gasteiger partial charge in [-0.15, -0.1) is 0 Å². The van der Waals surface area contributed by atoms with Gasteiger partial charge in [-0.25, -0.2) is 4.39 Å². The predicted molar refractivity (Wildman–Crippen MR) is 79.4 cm³/mol. The van der Waals surface area contributed by atoms with E-state index >= 15 is 4.39 Å². The monoisotopic (exact) mass is 285 g/mol. The highest BCUT2D eigenvalue weighted by Gasteiger charge is 2.40. The minimum atomic E-state index is -2.28. The van der Waals surface area contributed by atoms with Crippen molar-refractivity contribution >= 4 is 11.9 Å². The summed E-state index contributed by atoms with van der Waals surface area (Å²) in [6.07, 6.45) is -0.128. The minimum absolute atomic E-state index is 0.128. The number of hydrogen-bond donors (Lipinski definition) is 3. The lowest BCUT2D eigenvalue weighted by Gasteiger charge is -2.24. The quantitative estimate of drug-likeness (QED) is 0.594. The molecule has 2 aromatic rings. The standard InChI is InChI=1S/C16H16FN3O/c17-16(14(21)20-15(18)19,13-9-5-2-6-10-13)11-12-7-3-1-4-8-12/h1-10H,11H2,(H4,18,19,20,21). The molecule has 108 valence electrons. The maximum Gasteiger partial charge on any atom is 0.269 e. The van der Waals surface area contributed by atoms with Crippen molar-refractivity contribution in [3.63, 3.8) is 0 Å². The van der Waals surface area contributed by atoms with Gasteiger partial charge < -0.3 is 5.73 Å². The highest BCUT2D eigenvalue weighted by atomic mass is 19.1. The SMILES string of the molecule is N=C(N)NC(=O)C(F)(Cc1ccccc1)c1ccccc1. The van der Waals surface area contributed by atoms with Gasteiger partial charge in [-0.1, -0.05) is 60.7 Å². The van der Waals surface area contributed by atoms with E-state index in [1.54, 1.807) is 54.6 Å². The molecule has 0 radical (unpaired) electrons. The van der Waals surface area contributed by atoms with Crippen LogP contribution in [0.3, 0.4) is 0 Å². The molecule has 1 amide bonds. The van der Waals surface area contributed by atoms with E-state index in [0.717, 1.165) is 0 Å². The first-order valence-corrected chi connectivity index (χ1v) is 6.46. The highest BCUT2D eigenvalue weighted by molar-refractivity contribution is 5.99. The van der Waals surface area contributed by atoms with Crippen molar-refractivity contribution in [1.82, 2.24) is 5.32 Å². The molecule has 4 nitrogen and oxygen atoms in total. The summed E-state index contributed by atoms with van der Waals surface area (Å²) in [5.41, 5.74) is 3.77. The molecule has 0 aliphatic rings. The van der Waals surface area contributed by atoms with Crippen LogP contribution in [0.15, 0.2) is 60.7 Å². The van der Waals surface area contributed by atoms with Crippen LogP contribution in [0.5, 0.6) is 0 Å². The minimum Gasteiger partial charge on any atom is -0.370 e. The average molecular weight is 285 g/mol. The molecule has 0 aliphatic carbocycles. The number of halogens is 1. The van der Waals surface area contributed by atoms with Crippen LogP contribution in [0, 0.1) is 5.41 Å². The Morgan fingerprint density at radius 3 is 2.14 bits per heavy atom. The summed E-state index contributed by atoms with van der Waals surface area (Å²) >= 11 is 0. The van der Waals surface area contributed by atoms with E-state index < -0.39 is 17.5 Å². The van der Waals surface area contributed by atoms with Gasteiger partial charge in [0.25, 0.3) is 5.91 Å². The Balaban J connectivity index is 2.39. The van der Waals surface area contributed by atoms with Crippen molar-refractivity contribution < 1.29 is 9.18 Å². The summed E-state index contributed by atoms with van der Waals surface area (Å²) in [5.74, 6) is -1.52. The number of benzene rings is 2. The van der Waals surface area contributed by atoms with E-state index in [0.29, 0.717) is 5.56 Å². The summed E-state index contributed by atoms with van der Waals surface area (Å²) < 4.78 is 15.4. The Hall–Kier alpha value is -2.69. The van der Waals surface area contributed by atoms with Crippen LogP contribution in [0.2, 0.25) is 0 Å². The molecule has 0 spiro atoms.